The SMILES string of the molecule is CCC1(CO)CCN(C(=O)C2Cc3cc(F)ccc3O2)CC1. The van der Waals surface area contributed by atoms with Crippen LogP contribution < -0.4 is 4.74 Å². The quantitative estimate of drug-likeness (QED) is 0.931. The van der Waals surface area contributed by atoms with E-state index in [1.165, 1.54) is 12.1 Å². The van der Waals surface area contributed by atoms with Crippen LogP contribution in [0.5, 0.6) is 5.75 Å². The molecule has 120 valence electrons. The van der Waals surface area contributed by atoms with Gasteiger partial charge in [-0.2, -0.15) is 0 Å². The van der Waals surface area contributed by atoms with Crippen molar-refractivity contribution in [2.45, 2.75) is 38.7 Å². The molecule has 0 saturated carbocycles. The Kier molecular flexibility index (Phi) is 4.08. The Balaban J connectivity index is 1.63. The molecule has 0 aliphatic carbocycles. The van der Waals surface area contributed by atoms with E-state index in [2.05, 4.69) is 6.92 Å². The Labute approximate surface area is 129 Å². The van der Waals surface area contributed by atoms with E-state index in [0.717, 1.165) is 24.8 Å². The van der Waals surface area contributed by atoms with Gasteiger partial charge in [-0.15, -0.1) is 0 Å². The number of hydrogen-bond donors (Lipinski definition) is 1. The number of carbonyl (C=O) groups is 1. The van der Waals surface area contributed by atoms with Crippen LogP contribution in [0.15, 0.2) is 18.2 Å². The molecular weight excluding hydrogens is 285 g/mol. The van der Waals surface area contributed by atoms with Crippen molar-refractivity contribution in [3.05, 3.63) is 29.6 Å². The number of rotatable bonds is 3. The standard InChI is InChI=1S/C17H22FNO3/c1-2-17(11-20)5-7-19(8-6-17)16(21)15-10-12-9-13(18)3-4-14(12)22-15/h3-4,9,15,20H,2,5-8,10-11H2,1H3. The highest BCUT2D eigenvalue weighted by atomic mass is 19.1. The third-order valence-corrected chi connectivity index (χ3v) is 5.19. The van der Waals surface area contributed by atoms with Crippen molar-refractivity contribution in [3.8, 4) is 5.75 Å². The zero-order valence-corrected chi connectivity index (χ0v) is 12.8. The molecule has 2 heterocycles. The molecule has 1 saturated heterocycles. The van der Waals surface area contributed by atoms with Crippen LogP contribution in [0.2, 0.25) is 0 Å². The predicted molar refractivity (Wildman–Crippen MR) is 80.1 cm³/mol. The van der Waals surface area contributed by atoms with Crippen LogP contribution in [0.25, 0.3) is 0 Å². The van der Waals surface area contributed by atoms with Gasteiger partial charge in [-0.05, 0) is 42.9 Å². The Bertz CT molecular complexity index is 561. The van der Waals surface area contributed by atoms with Crippen LogP contribution in [0.3, 0.4) is 0 Å². The van der Waals surface area contributed by atoms with Gasteiger partial charge in [-0.1, -0.05) is 6.92 Å². The molecule has 22 heavy (non-hydrogen) atoms. The first-order valence-electron chi connectivity index (χ1n) is 7.92. The maximum Gasteiger partial charge on any atom is 0.263 e. The Morgan fingerprint density at radius 1 is 1.45 bits per heavy atom. The van der Waals surface area contributed by atoms with E-state index in [0.29, 0.717) is 25.3 Å². The van der Waals surface area contributed by atoms with Gasteiger partial charge in [-0.25, -0.2) is 4.39 Å². The largest absolute Gasteiger partial charge is 0.480 e. The van der Waals surface area contributed by atoms with E-state index < -0.39 is 6.10 Å². The van der Waals surface area contributed by atoms with Crippen molar-refractivity contribution >= 4 is 5.91 Å². The number of hydrogen-bond acceptors (Lipinski definition) is 3. The van der Waals surface area contributed by atoms with Crippen LogP contribution in [-0.2, 0) is 11.2 Å². The summed E-state index contributed by atoms with van der Waals surface area (Å²) in [5.74, 6) is 0.276. The van der Waals surface area contributed by atoms with Crippen molar-refractivity contribution < 1.29 is 19.0 Å². The number of fused-ring (bicyclic) bond motifs is 1. The number of aliphatic hydroxyl groups is 1. The summed E-state index contributed by atoms with van der Waals surface area (Å²) in [6.07, 6.45) is 2.46. The number of piperidine rings is 1. The molecule has 0 aromatic heterocycles. The molecule has 1 atom stereocenters. The second-order valence-corrected chi connectivity index (χ2v) is 6.40. The van der Waals surface area contributed by atoms with Gasteiger partial charge in [0.25, 0.3) is 5.91 Å². The first-order chi connectivity index (χ1) is 10.6. The Hall–Kier alpha value is -1.62. The first-order valence-corrected chi connectivity index (χ1v) is 7.92. The topological polar surface area (TPSA) is 49.8 Å². The summed E-state index contributed by atoms with van der Waals surface area (Å²) in [5.41, 5.74) is 0.716. The number of amides is 1. The molecule has 5 heteroatoms. The summed E-state index contributed by atoms with van der Waals surface area (Å²) in [6.45, 7) is 3.56. The van der Waals surface area contributed by atoms with Crippen LogP contribution in [0, 0.1) is 11.2 Å². The number of halogens is 1. The molecule has 4 nitrogen and oxygen atoms in total. The molecule has 2 aliphatic heterocycles. The average molecular weight is 307 g/mol. The van der Waals surface area contributed by atoms with Crippen molar-refractivity contribution in [1.29, 1.82) is 0 Å². The lowest BCUT2D eigenvalue weighted by molar-refractivity contribution is -0.140. The van der Waals surface area contributed by atoms with Crippen molar-refractivity contribution in [3.63, 3.8) is 0 Å². The average Bonchev–Trinajstić information content (AvgIpc) is 2.97. The number of nitrogens with zero attached hydrogens (tertiary/aromatic N) is 1. The summed E-state index contributed by atoms with van der Waals surface area (Å²) >= 11 is 0. The summed E-state index contributed by atoms with van der Waals surface area (Å²) in [7, 11) is 0. The maximum atomic E-state index is 13.2. The zero-order valence-electron chi connectivity index (χ0n) is 12.8. The van der Waals surface area contributed by atoms with Crippen molar-refractivity contribution in [2.24, 2.45) is 5.41 Å². The summed E-state index contributed by atoms with van der Waals surface area (Å²) in [4.78, 5) is 14.4. The monoisotopic (exact) mass is 307 g/mol. The van der Waals surface area contributed by atoms with Crippen molar-refractivity contribution in [2.75, 3.05) is 19.7 Å². The normalized spacial score (nSPS) is 23.0. The van der Waals surface area contributed by atoms with E-state index in [4.69, 9.17) is 4.74 Å². The fraction of sp³-hybridized carbons (Fsp3) is 0.588. The minimum absolute atomic E-state index is 0.0285. The second-order valence-electron chi connectivity index (χ2n) is 6.40. The zero-order chi connectivity index (χ0) is 15.7. The van der Waals surface area contributed by atoms with E-state index in [-0.39, 0.29) is 23.7 Å². The van der Waals surface area contributed by atoms with Gasteiger partial charge in [0.2, 0.25) is 0 Å². The van der Waals surface area contributed by atoms with E-state index >= 15 is 0 Å². The van der Waals surface area contributed by atoms with Crippen LogP contribution in [0.1, 0.15) is 31.7 Å². The number of aliphatic hydroxyl groups excluding tert-OH is 1. The minimum atomic E-state index is -0.542. The van der Waals surface area contributed by atoms with E-state index in [9.17, 15) is 14.3 Å². The van der Waals surface area contributed by atoms with Gasteiger partial charge in [0.1, 0.15) is 11.6 Å². The van der Waals surface area contributed by atoms with E-state index in [1.54, 1.807) is 6.07 Å². The fourth-order valence-electron chi connectivity index (χ4n) is 3.38. The second kappa shape index (κ2) is 5.88. The first kappa shape index (κ1) is 15.3. The third-order valence-electron chi connectivity index (χ3n) is 5.19. The highest BCUT2D eigenvalue weighted by Crippen LogP contribution is 2.35. The minimum Gasteiger partial charge on any atom is -0.480 e. The lowest BCUT2D eigenvalue weighted by atomic mass is 9.77. The molecule has 1 N–H and O–H groups in total. The molecule has 1 aromatic rings. The lowest BCUT2D eigenvalue weighted by Gasteiger charge is -2.40. The third kappa shape index (κ3) is 2.70. The van der Waals surface area contributed by atoms with Gasteiger partial charge in [0.05, 0.1) is 0 Å². The van der Waals surface area contributed by atoms with E-state index in [1.807, 2.05) is 4.90 Å². The predicted octanol–water partition coefficient (Wildman–Crippen LogP) is 2.14. The molecule has 0 bridgehead atoms. The number of benzene rings is 1. The molecule has 3 rings (SSSR count). The summed E-state index contributed by atoms with van der Waals surface area (Å²) in [5, 5.41) is 9.56. The summed E-state index contributed by atoms with van der Waals surface area (Å²) < 4.78 is 18.9. The lowest BCUT2D eigenvalue weighted by Crippen LogP contribution is -2.48. The molecule has 1 unspecified atom stereocenters. The van der Waals surface area contributed by atoms with Crippen LogP contribution in [0.4, 0.5) is 4.39 Å². The molecule has 1 amide bonds. The highest BCUT2D eigenvalue weighted by molar-refractivity contribution is 5.82. The number of likely N-dealkylation sites (tertiary alicyclic amines) is 1. The molecule has 0 spiro atoms. The smallest absolute Gasteiger partial charge is 0.263 e. The van der Waals surface area contributed by atoms with Gasteiger partial charge in [0, 0.05) is 31.7 Å². The molecule has 2 aliphatic rings. The van der Waals surface area contributed by atoms with Gasteiger partial charge in [0.15, 0.2) is 6.10 Å². The molecule has 1 fully saturated rings. The van der Waals surface area contributed by atoms with Gasteiger partial charge in [-0.3, -0.25) is 4.79 Å². The van der Waals surface area contributed by atoms with Gasteiger partial charge >= 0.3 is 0 Å². The number of ether oxygens (including phenoxy) is 1. The summed E-state index contributed by atoms with van der Waals surface area (Å²) in [6, 6.07) is 4.37. The number of carbonyl (C=O) groups excluding carboxylic acids is 1. The Morgan fingerprint density at radius 2 is 2.18 bits per heavy atom. The van der Waals surface area contributed by atoms with Crippen LogP contribution >= 0.6 is 0 Å². The fourth-order valence-corrected chi connectivity index (χ4v) is 3.38. The molecule has 1 aromatic carbocycles. The van der Waals surface area contributed by atoms with Crippen molar-refractivity contribution in [1.82, 2.24) is 4.90 Å². The maximum absolute atomic E-state index is 13.2. The van der Waals surface area contributed by atoms with Gasteiger partial charge < -0.3 is 14.7 Å². The Morgan fingerprint density at radius 3 is 2.82 bits per heavy atom. The molecule has 0 radical (unpaired) electrons. The molecular formula is C17H22FNO3. The highest BCUT2D eigenvalue weighted by Gasteiger charge is 2.38. The van der Waals surface area contributed by atoms with Crippen LogP contribution in [-0.4, -0.2) is 41.7 Å².